The first kappa shape index (κ1) is 23.2. The summed E-state index contributed by atoms with van der Waals surface area (Å²) in [6, 6.07) is 17.8. The molecule has 0 aliphatic carbocycles. The van der Waals surface area contributed by atoms with Crippen molar-refractivity contribution >= 4 is 17.7 Å². The van der Waals surface area contributed by atoms with Gasteiger partial charge in [0.1, 0.15) is 18.1 Å². The molecule has 0 spiro atoms. The molecule has 0 atom stereocenters. The number of thioether (sulfide) groups is 1. The number of aryl methyl sites for hydroxylation is 1. The van der Waals surface area contributed by atoms with Crippen molar-refractivity contribution in [2.45, 2.75) is 44.0 Å². The maximum absolute atomic E-state index is 12.7. The molecule has 3 aromatic rings. The fourth-order valence-corrected chi connectivity index (χ4v) is 4.73. The number of nitrogens with zero attached hydrogens (tertiary/aromatic N) is 4. The molecule has 0 bridgehead atoms. The lowest BCUT2D eigenvalue weighted by molar-refractivity contribution is -0.129. The lowest BCUT2D eigenvalue weighted by atomic mass is 10.1. The molecule has 174 valence electrons. The SMILES string of the molecule is COc1cccc(OCc2nnc(SCC(=O)N3CCCCC3)n2CCc2ccccc2)c1. The average molecular weight is 467 g/mol. The number of piperidine rings is 1. The van der Waals surface area contributed by atoms with E-state index >= 15 is 0 Å². The van der Waals surface area contributed by atoms with Crippen molar-refractivity contribution in [2.24, 2.45) is 0 Å². The summed E-state index contributed by atoms with van der Waals surface area (Å²) in [6.07, 6.45) is 4.24. The van der Waals surface area contributed by atoms with Gasteiger partial charge < -0.3 is 18.9 Å². The zero-order chi connectivity index (χ0) is 22.9. The standard InChI is InChI=1S/C25H30N4O3S/c1-31-21-11-8-12-22(17-21)32-18-23-26-27-25(29(23)16-13-20-9-4-2-5-10-20)33-19-24(30)28-14-6-3-7-15-28/h2,4-5,8-12,17H,3,6-7,13-16,18-19H2,1H3. The number of amides is 1. The number of ether oxygens (including phenoxy) is 2. The number of benzene rings is 2. The molecule has 1 aliphatic rings. The summed E-state index contributed by atoms with van der Waals surface area (Å²) in [6.45, 7) is 2.73. The van der Waals surface area contributed by atoms with E-state index in [1.165, 1.54) is 23.7 Å². The van der Waals surface area contributed by atoms with Crippen LogP contribution in [0.3, 0.4) is 0 Å². The lowest BCUT2D eigenvalue weighted by Gasteiger charge is -2.26. The Morgan fingerprint density at radius 3 is 2.58 bits per heavy atom. The third-order valence-corrected chi connectivity index (χ3v) is 6.65. The topological polar surface area (TPSA) is 69.5 Å². The highest BCUT2D eigenvalue weighted by Crippen LogP contribution is 2.23. The van der Waals surface area contributed by atoms with Crippen LogP contribution in [0.5, 0.6) is 11.5 Å². The van der Waals surface area contributed by atoms with Crippen LogP contribution in [0.2, 0.25) is 0 Å². The molecule has 1 aliphatic heterocycles. The first-order valence-electron chi connectivity index (χ1n) is 11.4. The van der Waals surface area contributed by atoms with Crippen LogP contribution in [0.4, 0.5) is 0 Å². The van der Waals surface area contributed by atoms with E-state index in [9.17, 15) is 4.79 Å². The molecule has 4 rings (SSSR count). The molecule has 7 nitrogen and oxygen atoms in total. The fourth-order valence-electron chi connectivity index (χ4n) is 3.84. The van der Waals surface area contributed by atoms with Gasteiger partial charge in [-0.25, -0.2) is 0 Å². The van der Waals surface area contributed by atoms with E-state index in [0.717, 1.165) is 49.1 Å². The second-order valence-corrected chi connectivity index (χ2v) is 8.93. The quantitative estimate of drug-likeness (QED) is 0.417. The Balaban J connectivity index is 1.45. The largest absolute Gasteiger partial charge is 0.497 e. The minimum absolute atomic E-state index is 0.173. The third kappa shape index (κ3) is 6.51. The van der Waals surface area contributed by atoms with E-state index in [0.29, 0.717) is 18.0 Å². The maximum atomic E-state index is 12.7. The second-order valence-electron chi connectivity index (χ2n) is 7.98. The molecule has 0 saturated carbocycles. The molecular weight excluding hydrogens is 436 g/mol. The summed E-state index contributed by atoms with van der Waals surface area (Å²) >= 11 is 1.46. The Morgan fingerprint density at radius 1 is 1.00 bits per heavy atom. The van der Waals surface area contributed by atoms with Crippen molar-refractivity contribution < 1.29 is 14.3 Å². The second kappa shape index (κ2) is 11.7. The summed E-state index contributed by atoms with van der Waals surface area (Å²) < 4.78 is 13.3. The van der Waals surface area contributed by atoms with Crippen LogP contribution in [0.25, 0.3) is 0 Å². The molecule has 0 unspecified atom stereocenters. The Labute approximate surface area is 199 Å². The van der Waals surface area contributed by atoms with Crippen molar-refractivity contribution in [3.63, 3.8) is 0 Å². The first-order chi connectivity index (χ1) is 16.2. The fraction of sp³-hybridized carbons (Fsp3) is 0.400. The molecule has 2 aromatic carbocycles. The number of carbonyl (C=O) groups is 1. The van der Waals surface area contributed by atoms with Gasteiger partial charge in [0.15, 0.2) is 11.0 Å². The Morgan fingerprint density at radius 2 is 1.79 bits per heavy atom. The van der Waals surface area contributed by atoms with Crippen molar-refractivity contribution in [2.75, 3.05) is 26.0 Å². The number of hydrogen-bond donors (Lipinski definition) is 0. The van der Waals surface area contributed by atoms with Crippen LogP contribution in [0.1, 0.15) is 30.7 Å². The number of carbonyl (C=O) groups excluding carboxylic acids is 1. The Kier molecular flexibility index (Phi) is 8.24. The highest BCUT2D eigenvalue weighted by atomic mass is 32.2. The van der Waals surface area contributed by atoms with E-state index in [1.54, 1.807) is 7.11 Å². The van der Waals surface area contributed by atoms with Crippen LogP contribution in [-0.4, -0.2) is 51.5 Å². The molecule has 33 heavy (non-hydrogen) atoms. The van der Waals surface area contributed by atoms with E-state index in [2.05, 4.69) is 26.9 Å². The molecule has 1 saturated heterocycles. The van der Waals surface area contributed by atoms with Crippen molar-refractivity contribution in [3.8, 4) is 11.5 Å². The van der Waals surface area contributed by atoms with Gasteiger partial charge in [-0.3, -0.25) is 4.79 Å². The van der Waals surface area contributed by atoms with Gasteiger partial charge >= 0.3 is 0 Å². The number of rotatable bonds is 10. The van der Waals surface area contributed by atoms with Gasteiger partial charge in [-0.15, -0.1) is 10.2 Å². The average Bonchev–Trinajstić information content (AvgIpc) is 3.27. The zero-order valence-electron chi connectivity index (χ0n) is 19.0. The number of aromatic nitrogens is 3. The van der Waals surface area contributed by atoms with Gasteiger partial charge in [0, 0.05) is 25.7 Å². The molecule has 0 radical (unpaired) electrons. The smallest absolute Gasteiger partial charge is 0.233 e. The van der Waals surface area contributed by atoms with E-state index in [1.807, 2.05) is 47.4 Å². The van der Waals surface area contributed by atoms with Crippen LogP contribution in [0.15, 0.2) is 59.8 Å². The van der Waals surface area contributed by atoms with E-state index in [4.69, 9.17) is 9.47 Å². The number of hydrogen-bond acceptors (Lipinski definition) is 6. The minimum atomic E-state index is 0.173. The third-order valence-electron chi connectivity index (χ3n) is 5.70. The van der Waals surface area contributed by atoms with Gasteiger partial charge in [-0.1, -0.05) is 48.2 Å². The van der Waals surface area contributed by atoms with Gasteiger partial charge in [0.05, 0.1) is 12.9 Å². The van der Waals surface area contributed by atoms with Crippen LogP contribution < -0.4 is 9.47 Å². The monoisotopic (exact) mass is 466 g/mol. The van der Waals surface area contributed by atoms with Gasteiger partial charge in [-0.2, -0.15) is 0 Å². The highest BCUT2D eigenvalue weighted by Gasteiger charge is 2.19. The van der Waals surface area contributed by atoms with Gasteiger partial charge in [0.2, 0.25) is 5.91 Å². The molecular formula is C25H30N4O3S. The molecule has 0 N–H and O–H groups in total. The summed E-state index contributed by atoms with van der Waals surface area (Å²) in [5, 5.41) is 9.53. The summed E-state index contributed by atoms with van der Waals surface area (Å²) in [5.74, 6) is 2.74. The van der Waals surface area contributed by atoms with Gasteiger partial charge in [0.25, 0.3) is 0 Å². The zero-order valence-corrected chi connectivity index (χ0v) is 19.8. The summed E-state index contributed by atoms with van der Waals surface area (Å²) in [5.41, 5.74) is 1.24. The van der Waals surface area contributed by atoms with Crippen molar-refractivity contribution in [3.05, 3.63) is 66.0 Å². The minimum Gasteiger partial charge on any atom is -0.497 e. The predicted molar refractivity (Wildman–Crippen MR) is 129 cm³/mol. The van der Waals surface area contributed by atoms with Crippen LogP contribution >= 0.6 is 11.8 Å². The van der Waals surface area contributed by atoms with Gasteiger partial charge in [-0.05, 0) is 43.4 Å². The Bertz CT molecular complexity index is 1040. The summed E-state index contributed by atoms with van der Waals surface area (Å²) in [4.78, 5) is 14.6. The molecule has 1 aromatic heterocycles. The molecule has 1 fully saturated rings. The van der Waals surface area contributed by atoms with E-state index < -0.39 is 0 Å². The molecule has 8 heteroatoms. The lowest BCUT2D eigenvalue weighted by Crippen LogP contribution is -2.36. The van der Waals surface area contributed by atoms with Crippen LogP contribution in [-0.2, 0) is 24.4 Å². The number of likely N-dealkylation sites (tertiary alicyclic amines) is 1. The van der Waals surface area contributed by atoms with Crippen molar-refractivity contribution in [1.82, 2.24) is 19.7 Å². The first-order valence-corrected chi connectivity index (χ1v) is 12.3. The van der Waals surface area contributed by atoms with Crippen LogP contribution in [0, 0.1) is 0 Å². The maximum Gasteiger partial charge on any atom is 0.233 e. The summed E-state index contributed by atoms with van der Waals surface area (Å²) in [7, 11) is 1.63. The highest BCUT2D eigenvalue weighted by molar-refractivity contribution is 7.99. The molecule has 1 amide bonds. The van der Waals surface area contributed by atoms with Crippen molar-refractivity contribution in [1.29, 1.82) is 0 Å². The predicted octanol–water partition coefficient (Wildman–Crippen LogP) is 4.21. The number of methoxy groups -OCH3 is 1. The Hall–Kier alpha value is -3.00. The molecule has 2 heterocycles. The van der Waals surface area contributed by atoms with E-state index in [-0.39, 0.29) is 12.5 Å². The normalized spacial score (nSPS) is 13.7.